The van der Waals surface area contributed by atoms with Gasteiger partial charge in [-0.05, 0) is 38.3 Å². The van der Waals surface area contributed by atoms with E-state index in [1.807, 2.05) is 25.4 Å². The molecule has 1 saturated carbocycles. The van der Waals surface area contributed by atoms with Crippen molar-refractivity contribution >= 4 is 11.6 Å². The largest absolute Gasteiger partial charge is 0.310 e. The third-order valence-corrected chi connectivity index (χ3v) is 4.03. The Kier molecular flexibility index (Phi) is 3.33. The van der Waals surface area contributed by atoms with Crippen molar-refractivity contribution in [3.63, 3.8) is 0 Å². The molecule has 0 radical (unpaired) electrons. The van der Waals surface area contributed by atoms with E-state index in [1.165, 1.54) is 18.4 Å². The standard InChI is InChI=1S/C15H18ClN3/c1-10-11(2)19(9-18-10)15-12(4-3-5-14(15)16)8-17-13-6-7-13/h3-5,9,13,17H,6-8H2,1-2H3. The van der Waals surface area contributed by atoms with E-state index in [-0.39, 0.29) is 0 Å². The summed E-state index contributed by atoms with van der Waals surface area (Å²) in [4.78, 5) is 4.37. The summed E-state index contributed by atoms with van der Waals surface area (Å²) in [7, 11) is 0. The van der Waals surface area contributed by atoms with Gasteiger partial charge in [-0.3, -0.25) is 0 Å². The van der Waals surface area contributed by atoms with Gasteiger partial charge >= 0.3 is 0 Å². The number of nitrogens with zero attached hydrogens (tertiary/aromatic N) is 2. The number of hydrogen-bond acceptors (Lipinski definition) is 2. The molecule has 0 aliphatic heterocycles. The van der Waals surface area contributed by atoms with Gasteiger partial charge in [-0.2, -0.15) is 0 Å². The van der Waals surface area contributed by atoms with E-state index in [2.05, 4.69) is 27.9 Å². The molecule has 3 nitrogen and oxygen atoms in total. The van der Waals surface area contributed by atoms with Crippen LogP contribution < -0.4 is 5.32 Å². The first-order valence-electron chi connectivity index (χ1n) is 6.68. The van der Waals surface area contributed by atoms with Crippen molar-refractivity contribution in [3.05, 3.63) is 46.5 Å². The fraction of sp³-hybridized carbons (Fsp3) is 0.400. The van der Waals surface area contributed by atoms with E-state index in [4.69, 9.17) is 11.6 Å². The van der Waals surface area contributed by atoms with E-state index < -0.39 is 0 Å². The number of imidazole rings is 1. The fourth-order valence-corrected chi connectivity index (χ4v) is 2.52. The summed E-state index contributed by atoms with van der Waals surface area (Å²) >= 11 is 6.40. The average Bonchev–Trinajstić information content (AvgIpc) is 3.16. The highest BCUT2D eigenvalue weighted by molar-refractivity contribution is 6.32. The number of halogens is 1. The zero-order valence-corrected chi connectivity index (χ0v) is 12.0. The Balaban J connectivity index is 2.00. The molecule has 1 heterocycles. The highest BCUT2D eigenvalue weighted by Crippen LogP contribution is 2.27. The van der Waals surface area contributed by atoms with Gasteiger partial charge in [0.1, 0.15) is 0 Å². The van der Waals surface area contributed by atoms with Gasteiger partial charge in [0.25, 0.3) is 0 Å². The van der Waals surface area contributed by atoms with Crippen molar-refractivity contribution in [1.29, 1.82) is 0 Å². The maximum Gasteiger partial charge on any atom is 0.0998 e. The van der Waals surface area contributed by atoms with Gasteiger partial charge in [0, 0.05) is 18.3 Å². The van der Waals surface area contributed by atoms with Gasteiger partial charge in [-0.25, -0.2) is 4.98 Å². The van der Waals surface area contributed by atoms with Crippen LogP contribution in [0.5, 0.6) is 0 Å². The van der Waals surface area contributed by atoms with Crippen molar-refractivity contribution in [2.24, 2.45) is 0 Å². The summed E-state index contributed by atoms with van der Waals surface area (Å²) < 4.78 is 2.08. The molecular formula is C15H18ClN3. The molecule has 4 heteroatoms. The molecule has 1 aromatic heterocycles. The predicted molar refractivity (Wildman–Crippen MR) is 77.9 cm³/mol. The Morgan fingerprint density at radius 3 is 2.79 bits per heavy atom. The number of aromatic nitrogens is 2. The summed E-state index contributed by atoms with van der Waals surface area (Å²) in [5, 5.41) is 4.32. The van der Waals surface area contributed by atoms with Gasteiger partial charge in [0.2, 0.25) is 0 Å². The molecular weight excluding hydrogens is 258 g/mol. The summed E-state index contributed by atoms with van der Waals surface area (Å²) in [6.45, 7) is 4.95. The molecule has 0 atom stereocenters. The fourth-order valence-electron chi connectivity index (χ4n) is 2.24. The minimum Gasteiger partial charge on any atom is -0.310 e. The number of nitrogens with one attached hydrogen (secondary N) is 1. The van der Waals surface area contributed by atoms with Crippen LogP contribution in [0.25, 0.3) is 5.69 Å². The molecule has 100 valence electrons. The minimum atomic E-state index is 0.692. The summed E-state index contributed by atoms with van der Waals surface area (Å²) in [6, 6.07) is 6.77. The monoisotopic (exact) mass is 275 g/mol. The Bertz CT molecular complexity index is 599. The van der Waals surface area contributed by atoms with Gasteiger partial charge in [0.05, 0.1) is 22.7 Å². The molecule has 1 aliphatic carbocycles. The third-order valence-electron chi connectivity index (χ3n) is 3.72. The number of benzene rings is 1. The van der Waals surface area contributed by atoms with Gasteiger partial charge in [0.15, 0.2) is 0 Å². The van der Waals surface area contributed by atoms with Crippen LogP contribution in [-0.4, -0.2) is 15.6 Å². The molecule has 0 spiro atoms. The Hall–Kier alpha value is -1.32. The first kappa shape index (κ1) is 12.7. The molecule has 0 amide bonds. The van der Waals surface area contributed by atoms with Gasteiger partial charge in [-0.1, -0.05) is 23.7 Å². The van der Waals surface area contributed by atoms with Crippen molar-refractivity contribution < 1.29 is 0 Å². The molecule has 19 heavy (non-hydrogen) atoms. The molecule has 3 rings (SSSR count). The van der Waals surface area contributed by atoms with Crippen LogP contribution in [-0.2, 0) is 6.54 Å². The van der Waals surface area contributed by atoms with Crippen LogP contribution in [0.2, 0.25) is 5.02 Å². The van der Waals surface area contributed by atoms with E-state index in [9.17, 15) is 0 Å². The van der Waals surface area contributed by atoms with Crippen LogP contribution in [0.15, 0.2) is 24.5 Å². The number of aryl methyl sites for hydroxylation is 1. The summed E-state index contributed by atoms with van der Waals surface area (Å²) in [5.74, 6) is 0. The zero-order chi connectivity index (χ0) is 13.4. The highest BCUT2D eigenvalue weighted by atomic mass is 35.5. The van der Waals surface area contributed by atoms with Crippen LogP contribution >= 0.6 is 11.6 Å². The van der Waals surface area contributed by atoms with Gasteiger partial charge in [-0.15, -0.1) is 0 Å². The van der Waals surface area contributed by atoms with Crippen LogP contribution in [0.4, 0.5) is 0 Å². The second kappa shape index (κ2) is 4.99. The maximum absolute atomic E-state index is 6.40. The molecule has 1 aliphatic rings. The second-order valence-electron chi connectivity index (χ2n) is 5.19. The molecule has 0 saturated heterocycles. The quantitative estimate of drug-likeness (QED) is 0.927. The lowest BCUT2D eigenvalue weighted by Crippen LogP contribution is -2.17. The Labute approximate surface area is 118 Å². The number of rotatable bonds is 4. The lowest BCUT2D eigenvalue weighted by molar-refractivity contribution is 0.684. The normalized spacial score (nSPS) is 14.9. The van der Waals surface area contributed by atoms with Crippen molar-refractivity contribution in [2.75, 3.05) is 0 Å². The molecule has 0 bridgehead atoms. The average molecular weight is 276 g/mol. The molecule has 1 fully saturated rings. The third kappa shape index (κ3) is 2.53. The predicted octanol–water partition coefficient (Wildman–Crippen LogP) is 3.39. The molecule has 1 aromatic carbocycles. The lowest BCUT2D eigenvalue weighted by Gasteiger charge is -2.14. The van der Waals surface area contributed by atoms with E-state index in [1.54, 1.807) is 0 Å². The van der Waals surface area contributed by atoms with Crippen LogP contribution in [0.1, 0.15) is 29.8 Å². The Morgan fingerprint density at radius 2 is 2.16 bits per heavy atom. The van der Waals surface area contributed by atoms with E-state index in [0.29, 0.717) is 6.04 Å². The molecule has 1 N–H and O–H groups in total. The van der Waals surface area contributed by atoms with Crippen molar-refractivity contribution in [3.8, 4) is 5.69 Å². The smallest absolute Gasteiger partial charge is 0.0998 e. The SMILES string of the molecule is Cc1ncn(-c2c(Cl)cccc2CNC2CC2)c1C. The number of hydrogen-bond donors (Lipinski definition) is 1. The van der Waals surface area contributed by atoms with Gasteiger partial charge < -0.3 is 9.88 Å². The minimum absolute atomic E-state index is 0.692. The Morgan fingerprint density at radius 1 is 1.37 bits per heavy atom. The molecule has 0 unspecified atom stereocenters. The highest BCUT2D eigenvalue weighted by Gasteiger charge is 2.21. The van der Waals surface area contributed by atoms with E-state index >= 15 is 0 Å². The van der Waals surface area contributed by atoms with Crippen molar-refractivity contribution in [1.82, 2.24) is 14.9 Å². The summed E-state index contributed by atoms with van der Waals surface area (Å²) in [6.07, 6.45) is 4.44. The van der Waals surface area contributed by atoms with Crippen LogP contribution in [0, 0.1) is 13.8 Å². The molecule has 2 aromatic rings. The second-order valence-corrected chi connectivity index (χ2v) is 5.60. The maximum atomic E-state index is 6.40. The van der Waals surface area contributed by atoms with Crippen LogP contribution in [0.3, 0.4) is 0 Å². The lowest BCUT2D eigenvalue weighted by atomic mass is 10.1. The topological polar surface area (TPSA) is 29.9 Å². The zero-order valence-electron chi connectivity index (χ0n) is 11.3. The summed E-state index contributed by atoms with van der Waals surface area (Å²) in [5.41, 5.74) is 4.46. The first-order chi connectivity index (χ1) is 9.16. The first-order valence-corrected chi connectivity index (χ1v) is 7.06. The number of para-hydroxylation sites is 1. The van der Waals surface area contributed by atoms with E-state index in [0.717, 1.165) is 28.6 Å². The van der Waals surface area contributed by atoms with Crippen molar-refractivity contribution in [2.45, 2.75) is 39.3 Å².